The van der Waals surface area contributed by atoms with Crippen molar-refractivity contribution in [2.45, 2.75) is 30.7 Å². The van der Waals surface area contributed by atoms with Crippen LogP contribution in [0.1, 0.15) is 24.8 Å². The third kappa shape index (κ3) is 2.88. The molecule has 1 aliphatic carbocycles. The van der Waals surface area contributed by atoms with Gasteiger partial charge in [-0.15, -0.1) is 0 Å². The van der Waals surface area contributed by atoms with Crippen molar-refractivity contribution < 1.29 is 12.8 Å². The van der Waals surface area contributed by atoms with Gasteiger partial charge >= 0.3 is 0 Å². The van der Waals surface area contributed by atoms with E-state index in [-0.39, 0.29) is 11.4 Å². The molecule has 0 aromatic heterocycles. The van der Waals surface area contributed by atoms with Crippen LogP contribution >= 0.6 is 0 Å². The van der Waals surface area contributed by atoms with E-state index in [0.717, 1.165) is 25.3 Å². The van der Waals surface area contributed by atoms with E-state index in [2.05, 4.69) is 4.72 Å². The van der Waals surface area contributed by atoms with Crippen molar-refractivity contribution in [3.63, 3.8) is 0 Å². The molecule has 0 amide bonds. The zero-order valence-electron chi connectivity index (χ0n) is 10.0. The van der Waals surface area contributed by atoms with Crippen LogP contribution in [0.3, 0.4) is 0 Å². The summed E-state index contributed by atoms with van der Waals surface area (Å²) in [6, 6.07) is 3.64. The van der Waals surface area contributed by atoms with Gasteiger partial charge in [0.1, 0.15) is 5.82 Å². The Kier molecular flexibility index (Phi) is 3.99. The maximum absolute atomic E-state index is 13.2. The van der Waals surface area contributed by atoms with E-state index in [4.69, 9.17) is 5.73 Å². The van der Waals surface area contributed by atoms with Gasteiger partial charge in [-0.25, -0.2) is 17.5 Å². The highest BCUT2D eigenvalue weighted by Crippen LogP contribution is 2.26. The Bertz CT molecular complexity index is 527. The topological polar surface area (TPSA) is 72.2 Å². The van der Waals surface area contributed by atoms with Crippen molar-refractivity contribution in [2.75, 3.05) is 6.54 Å². The third-order valence-electron chi connectivity index (χ3n) is 3.33. The van der Waals surface area contributed by atoms with Crippen LogP contribution in [0.15, 0.2) is 23.1 Å². The van der Waals surface area contributed by atoms with Crippen molar-refractivity contribution in [3.8, 4) is 0 Å². The summed E-state index contributed by atoms with van der Waals surface area (Å²) in [5.41, 5.74) is 5.90. The minimum Gasteiger partial charge on any atom is -0.326 e. The highest BCUT2D eigenvalue weighted by Gasteiger charge is 2.23. The fourth-order valence-corrected chi connectivity index (χ4v) is 3.32. The number of rotatable bonds is 5. The molecule has 18 heavy (non-hydrogen) atoms. The van der Waals surface area contributed by atoms with Gasteiger partial charge in [-0.2, -0.15) is 0 Å². The van der Waals surface area contributed by atoms with Crippen LogP contribution in [0.5, 0.6) is 0 Å². The largest absolute Gasteiger partial charge is 0.326 e. The monoisotopic (exact) mass is 272 g/mol. The van der Waals surface area contributed by atoms with Gasteiger partial charge in [-0.1, -0.05) is 12.5 Å². The van der Waals surface area contributed by atoms with E-state index in [1.54, 1.807) is 0 Å². The fourth-order valence-electron chi connectivity index (χ4n) is 1.95. The Morgan fingerprint density at radius 2 is 2.11 bits per heavy atom. The minimum atomic E-state index is -3.67. The minimum absolute atomic E-state index is 0.0516. The van der Waals surface area contributed by atoms with Crippen LogP contribution < -0.4 is 10.5 Å². The fraction of sp³-hybridized carbons (Fsp3) is 0.500. The second-order valence-electron chi connectivity index (χ2n) is 4.60. The second kappa shape index (κ2) is 5.34. The van der Waals surface area contributed by atoms with Crippen molar-refractivity contribution in [2.24, 2.45) is 11.7 Å². The maximum atomic E-state index is 13.2. The first-order valence-electron chi connectivity index (χ1n) is 6.01. The van der Waals surface area contributed by atoms with Gasteiger partial charge in [0.25, 0.3) is 0 Å². The molecule has 0 bridgehead atoms. The van der Waals surface area contributed by atoms with Gasteiger partial charge in [0.15, 0.2) is 0 Å². The Morgan fingerprint density at radius 1 is 1.39 bits per heavy atom. The first-order chi connectivity index (χ1) is 8.53. The zero-order chi connectivity index (χ0) is 13.2. The van der Waals surface area contributed by atoms with Gasteiger partial charge in [-0.05, 0) is 36.5 Å². The molecular weight excluding hydrogens is 255 g/mol. The van der Waals surface area contributed by atoms with Gasteiger partial charge in [-0.3, -0.25) is 0 Å². The molecule has 100 valence electrons. The summed E-state index contributed by atoms with van der Waals surface area (Å²) in [6.07, 6.45) is 3.26. The van der Waals surface area contributed by atoms with E-state index in [9.17, 15) is 12.8 Å². The molecule has 0 saturated heterocycles. The molecule has 0 radical (unpaired) electrons. The quantitative estimate of drug-likeness (QED) is 0.850. The van der Waals surface area contributed by atoms with Crippen LogP contribution in [0.25, 0.3) is 0 Å². The van der Waals surface area contributed by atoms with Gasteiger partial charge in [0, 0.05) is 13.1 Å². The molecule has 1 aromatic rings. The third-order valence-corrected chi connectivity index (χ3v) is 4.83. The number of hydrogen-bond acceptors (Lipinski definition) is 3. The molecule has 6 heteroatoms. The lowest BCUT2D eigenvalue weighted by atomic mass is 9.86. The van der Waals surface area contributed by atoms with Crippen molar-refractivity contribution in [1.29, 1.82) is 0 Å². The predicted octanol–water partition coefficient (Wildman–Crippen LogP) is 1.36. The van der Waals surface area contributed by atoms with Crippen LogP contribution in [-0.4, -0.2) is 15.0 Å². The van der Waals surface area contributed by atoms with Gasteiger partial charge in [0.2, 0.25) is 10.0 Å². The highest BCUT2D eigenvalue weighted by atomic mass is 32.2. The molecule has 3 N–H and O–H groups in total. The maximum Gasteiger partial charge on any atom is 0.241 e. The average Bonchev–Trinajstić information content (AvgIpc) is 2.26. The number of sulfonamides is 1. The molecule has 0 heterocycles. The molecule has 4 nitrogen and oxygen atoms in total. The van der Waals surface area contributed by atoms with Gasteiger partial charge < -0.3 is 5.73 Å². The molecule has 1 aliphatic rings. The SMILES string of the molecule is NCc1ccc(F)cc1S(=O)(=O)NCC1CCC1. The standard InChI is InChI=1S/C12H17FN2O2S/c13-11-5-4-10(7-14)12(6-11)18(16,17)15-8-9-2-1-3-9/h4-6,9,15H,1-3,7-8,14H2. The Hall–Kier alpha value is -0.980. The van der Waals surface area contributed by atoms with Crippen molar-refractivity contribution in [1.82, 2.24) is 4.72 Å². The summed E-state index contributed by atoms with van der Waals surface area (Å²) in [7, 11) is -3.67. The molecule has 1 fully saturated rings. The molecule has 2 rings (SSSR count). The predicted molar refractivity (Wildman–Crippen MR) is 66.8 cm³/mol. The summed E-state index contributed by atoms with van der Waals surface area (Å²) in [6.45, 7) is 0.489. The van der Waals surface area contributed by atoms with E-state index in [1.807, 2.05) is 0 Å². The van der Waals surface area contributed by atoms with Crippen molar-refractivity contribution >= 4 is 10.0 Å². The molecule has 1 aromatic carbocycles. The number of nitrogens with one attached hydrogen (secondary N) is 1. The first-order valence-corrected chi connectivity index (χ1v) is 7.49. The van der Waals surface area contributed by atoms with Crippen LogP contribution in [0.4, 0.5) is 4.39 Å². The Labute approximate surface area is 106 Å². The smallest absolute Gasteiger partial charge is 0.241 e. The van der Waals surface area contributed by atoms with E-state index >= 15 is 0 Å². The first kappa shape index (κ1) is 13.5. The molecule has 1 saturated carbocycles. The molecule has 0 aliphatic heterocycles. The summed E-state index contributed by atoms with van der Waals surface area (Å²) >= 11 is 0. The van der Waals surface area contributed by atoms with Crippen LogP contribution in [0.2, 0.25) is 0 Å². The van der Waals surface area contributed by atoms with Crippen LogP contribution in [-0.2, 0) is 16.6 Å². The molecule has 0 atom stereocenters. The lowest BCUT2D eigenvalue weighted by Gasteiger charge is -2.25. The summed E-state index contributed by atoms with van der Waals surface area (Å²) in [5.74, 6) is -0.161. The molecule has 0 unspecified atom stereocenters. The van der Waals surface area contributed by atoms with Gasteiger partial charge in [0.05, 0.1) is 4.90 Å². The number of benzene rings is 1. The normalized spacial score (nSPS) is 16.6. The van der Waals surface area contributed by atoms with E-state index in [0.29, 0.717) is 18.0 Å². The highest BCUT2D eigenvalue weighted by molar-refractivity contribution is 7.89. The number of halogens is 1. The average molecular weight is 272 g/mol. The number of nitrogens with two attached hydrogens (primary N) is 1. The Balaban J connectivity index is 2.19. The second-order valence-corrected chi connectivity index (χ2v) is 6.34. The van der Waals surface area contributed by atoms with E-state index in [1.165, 1.54) is 12.1 Å². The van der Waals surface area contributed by atoms with Crippen molar-refractivity contribution in [3.05, 3.63) is 29.6 Å². The summed E-state index contributed by atoms with van der Waals surface area (Å²) in [5, 5.41) is 0. The molecule has 0 spiro atoms. The lowest BCUT2D eigenvalue weighted by molar-refractivity contribution is 0.316. The summed E-state index contributed by atoms with van der Waals surface area (Å²) < 4.78 is 39.8. The lowest BCUT2D eigenvalue weighted by Crippen LogP contribution is -2.32. The van der Waals surface area contributed by atoms with Crippen LogP contribution in [0, 0.1) is 11.7 Å². The van der Waals surface area contributed by atoms with E-state index < -0.39 is 15.8 Å². The Morgan fingerprint density at radius 3 is 2.67 bits per heavy atom. The summed E-state index contributed by atoms with van der Waals surface area (Å²) in [4.78, 5) is -0.0516. The molecular formula is C12H17FN2O2S. The number of hydrogen-bond donors (Lipinski definition) is 2. The zero-order valence-corrected chi connectivity index (χ0v) is 10.8.